The standard InChI is InChI=1S/C19H26O7/c1-23-18(21)7-3-5-9-25-16-11-15(14-20)12-17(13-16)26-10-6-4-8-19(22)24-2/h11-14H,3-10H2,1-2H3. The molecule has 0 fully saturated rings. The zero-order valence-corrected chi connectivity index (χ0v) is 15.3. The number of hydrogen-bond acceptors (Lipinski definition) is 7. The van der Waals surface area contributed by atoms with Crippen LogP contribution in [0.3, 0.4) is 0 Å². The predicted octanol–water partition coefficient (Wildman–Crippen LogP) is 2.94. The molecule has 7 nitrogen and oxygen atoms in total. The van der Waals surface area contributed by atoms with Crippen molar-refractivity contribution in [1.82, 2.24) is 0 Å². The van der Waals surface area contributed by atoms with Crippen LogP contribution in [0.1, 0.15) is 48.9 Å². The number of carbonyl (C=O) groups excluding carboxylic acids is 3. The van der Waals surface area contributed by atoms with Gasteiger partial charge in [-0.1, -0.05) is 0 Å². The molecule has 0 unspecified atom stereocenters. The number of unbranched alkanes of at least 4 members (excludes halogenated alkanes) is 2. The maximum atomic E-state index is 11.1. The van der Waals surface area contributed by atoms with E-state index in [1.54, 1.807) is 18.2 Å². The van der Waals surface area contributed by atoms with Gasteiger partial charge in [0, 0.05) is 24.5 Å². The summed E-state index contributed by atoms with van der Waals surface area (Å²) in [6.07, 6.45) is 4.18. The topological polar surface area (TPSA) is 88.1 Å². The Hall–Kier alpha value is -2.57. The molecule has 0 aromatic heterocycles. The lowest BCUT2D eigenvalue weighted by Crippen LogP contribution is -2.04. The van der Waals surface area contributed by atoms with Crippen LogP contribution < -0.4 is 9.47 Å². The van der Waals surface area contributed by atoms with Gasteiger partial charge in [0.2, 0.25) is 0 Å². The Morgan fingerprint density at radius 1 is 0.808 bits per heavy atom. The first kappa shape index (κ1) is 21.5. The maximum absolute atomic E-state index is 11.1. The van der Waals surface area contributed by atoms with E-state index in [0.29, 0.717) is 68.8 Å². The summed E-state index contributed by atoms with van der Waals surface area (Å²) >= 11 is 0. The van der Waals surface area contributed by atoms with Gasteiger partial charge >= 0.3 is 11.9 Å². The molecular formula is C19H26O7. The second-order valence-electron chi connectivity index (χ2n) is 5.62. The van der Waals surface area contributed by atoms with Crippen molar-refractivity contribution in [1.29, 1.82) is 0 Å². The lowest BCUT2D eigenvalue weighted by atomic mass is 10.2. The van der Waals surface area contributed by atoms with E-state index in [-0.39, 0.29) is 11.9 Å². The monoisotopic (exact) mass is 366 g/mol. The summed E-state index contributed by atoms with van der Waals surface area (Å²) in [4.78, 5) is 33.1. The number of ether oxygens (including phenoxy) is 4. The van der Waals surface area contributed by atoms with Crippen molar-refractivity contribution in [2.24, 2.45) is 0 Å². The molecule has 26 heavy (non-hydrogen) atoms. The van der Waals surface area contributed by atoms with Crippen LogP contribution in [0.25, 0.3) is 0 Å². The Bertz CT molecular complexity index is 539. The van der Waals surface area contributed by atoms with E-state index in [4.69, 9.17) is 9.47 Å². The highest BCUT2D eigenvalue weighted by Gasteiger charge is 2.05. The molecule has 144 valence electrons. The fraction of sp³-hybridized carbons (Fsp3) is 0.526. The van der Waals surface area contributed by atoms with Gasteiger partial charge in [-0.15, -0.1) is 0 Å². The van der Waals surface area contributed by atoms with Crippen LogP contribution in [0, 0.1) is 0 Å². The molecule has 0 aliphatic rings. The zero-order chi connectivity index (χ0) is 19.2. The number of methoxy groups -OCH3 is 2. The fourth-order valence-electron chi connectivity index (χ4n) is 2.16. The van der Waals surface area contributed by atoms with Gasteiger partial charge in [0.15, 0.2) is 0 Å². The van der Waals surface area contributed by atoms with Crippen LogP contribution >= 0.6 is 0 Å². The Balaban J connectivity index is 2.40. The Morgan fingerprint density at radius 2 is 1.27 bits per heavy atom. The summed E-state index contributed by atoms with van der Waals surface area (Å²) in [5, 5.41) is 0. The van der Waals surface area contributed by atoms with Crippen molar-refractivity contribution in [2.45, 2.75) is 38.5 Å². The molecule has 0 N–H and O–H groups in total. The first-order valence-corrected chi connectivity index (χ1v) is 8.58. The summed E-state index contributed by atoms with van der Waals surface area (Å²) in [6, 6.07) is 4.99. The number of esters is 2. The van der Waals surface area contributed by atoms with E-state index in [1.807, 2.05) is 0 Å². The van der Waals surface area contributed by atoms with Gasteiger partial charge in [-0.2, -0.15) is 0 Å². The Morgan fingerprint density at radius 3 is 1.65 bits per heavy atom. The maximum Gasteiger partial charge on any atom is 0.305 e. The number of rotatable bonds is 13. The van der Waals surface area contributed by atoms with E-state index in [1.165, 1.54) is 14.2 Å². The molecule has 0 radical (unpaired) electrons. The minimum atomic E-state index is -0.240. The van der Waals surface area contributed by atoms with Crippen LogP contribution in [-0.2, 0) is 19.1 Å². The second-order valence-corrected chi connectivity index (χ2v) is 5.62. The highest BCUT2D eigenvalue weighted by atomic mass is 16.5. The summed E-state index contributed by atoms with van der Waals surface area (Å²) in [5.74, 6) is 0.598. The highest BCUT2D eigenvalue weighted by molar-refractivity contribution is 5.76. The average Bonchev–Trinajstić information content (AvgIpc) is 2.66. The summed E-state index contributed by atoms with van der Waals surface area (Å²) in [7, 11) is 2.72. The lowest BCUT2D eigenvalue weighted by molar-refractivity contribution is -0.141. The van der Waals surface area contributed by atoms with Gasteiger partial charge in [0.1, 0.15) is 17.8 Å². The van der Waals surface area contributed by atoms with Crippen molar-refractivity contribution >= 4 is 18.2 Å². The van der Waals surface area contributed by atoms with Gasteiger partial charge in [-0.25, -0.2) is 0 Å². The molecule has 0 heterocycles. The largest absolute Gasteiger partial charge is 0.493 e. The third-order valence-corrected chi connectivity index (χ3v) is 3.58. The van der Waals surface area contributed by atoms with Crippen molar-refractivity contribution in [2.75, 3.05) is 27.4 Å². The molecule has 0 aliphatic heterocycles. The van der Waals surface area contributed by atoms with Gasteiger partial charge in [-0.05, 0) is 37.8 Å². The zero-order valence-electron chi connectivity index (χ0n) is 15.3. The van der Waals surface area contributed by atoms with E-state index in [0.717, 1.165) is 6.29 Å². The van der Waals surface area contributed by atoms with E-state index < -0.39 is 0 Å². The van der Waals surface area contributed by atoms with Crippen LogP contribution in [0.4, 0.5) is 0 Å². The number of benzene rings is 1. The quantitative estimate of drug-likeness (QED) is 0.301. The van der Waals surface area contributed by atoms with Gasteiger partial charge in [0.25, 0.3) is 0 Å². The Labute approximate surface area is 153 Å². The van der Waals surface area contributed by atoms with E-state index >= 15 is 0 Å². The molecular weight excluding hydrogens is 340 g/mol. The first-order valence-electron chi connectivity index (χ1n) is 8.58. The molecule has 0 spiro atoms. The molecule has 0 amide bonds. The SMILES string of the molecule is COC(=O)CCCCOc1cc(C=O)cc(OCCCCC(=O)OC)c1. The predicted molar refractivity (Wildman–Crippen MR) is 94.6 cm³/mol. The molecule has 0 saturated carbocycles. The second kappa shape index (κ2) is 12.7. The third kappa shape index (κ3) is 9.05. The summed E-state index contributed by atoms with van der Waals surface area (Å²) in [5.41, 5.74) is 0.460. The lowest BCUT2D eigenvalue weighted by Gasteiger charge is -2.11. The normalized spacial score (nSPS) is 10.1. The van der Waals surface area contributed by atoms with Gasteiger partial charge in [-0.3, -0.25) is 14.4 Å². The third-order valence-electron chi connectivity index (χ3n) is 3.58. The number of aldehydes is 1. The van der Waals surface area contributed by atoms with Crippen LogP contribution in [0.2, 0.25) is 0 Å². The molecule has 7 heteroatoms. The van der Waals surface area contributed by atoms with E-state index in [9.17, 15) is 14.4 Å². The fourth-order valence-corrected chi connectivity index (χ4v) is 2.16. The van der Waals surface area contributed by atoms with Crippen molar-refractivity contribution in [3.63, 3.8) is 0 Å². The van der Waals surface area contributed by atoms with Gasteiger partial charge in [0.05, 0.1) is 27.4 Å². The smallest absolute Gasteiger partial charge is 0.305 e. The van der Waals surface area contributed by atoms with Crippen molar-refractivity contribution in [3.05, 3.63) is 23.8 Å². The number of carbonyl (C=O) groups is 3. The molecule has 0 saturated heterocycles. The van der Waals surface area contributed by atoms with E-state index in [2.05, 4.69) is 9.47 Å². The van der Waals surface area contributed by atoms with Crippen LogP contribution in [0.15, 0.2) is 18.2 Å². The molecule has 0 atom stereocenters. The highest BCUT2D eigenvalue weighted by Crippen LogP contribution is 2.23. The molecule has 0 aliphatic carbocycles. The minimum Gasteiger partial charge on any atom is -0.493 e. The Kier molecular flexibility index (Phi) is 10.5. The van der Waals surface area contributed by atoms with Crippen LogP contribution in [0.5, 0.6) is 11.5 Å². The summed E-state index contributed by atoms with van der Waals surface area (Å²) in [6.45, 7) is 0.857. The first-order chi connectivity index (χ1) is 12.6. The molecule has 1 aromatic rings. The molecule has 1 rings (SSSR count). The van der Waals surface area contributed by atoms with Crippen molar-refractivity contribution in [3.8, 4) is 11.5 Å². The number of hydrogen-bond donors (Lipinski definition) is 0. The minimum absolute atomic E-state index is 0.240. The van der Waals surface area contributed by atoms with Crippen molar-refractivity contribution < 1.29 is 33.3 Å². The summed E-state index contributed by atoms with van der Waals surface area (Å²) < 4.78 is 20.4. The van der Waals surface area contributed by atoms with Gasteiger partial charge < -0.3 is 18.9 Å². The molecule has 1 aromatic carbocycles. The van der Waals surface area contributed by atoms with Crippen LogP contribution in [-0.4, -0.2) is 45.7 Å². The average molecular weight is 366 g/mol. The molecule has 0 bridgehead atoms.